The monoisotopic (exact) mass is 350 g/mol. The smallest absolute Gasteiger partial charge is 0.243 e. The zero-order valence-corrected chi connectivity index (χ0v) is 14.8. The number of hydrogen-bond acceptors (Lipinski definition) is 3. The van der Waals surface area contributed by atoms with Crippen LogP contribution < -0.4 is 5.32 Å². The van der Waals surface area contributed by atoms with Crippen LogP contribution >= 0.6 is 0 Å². The summed E-state index contributed by atoms with van der Waals surface area (Å²) in [6.45, 7) is 0.833. The van der Waals surface area contributed by atoms with E-state index in [0.29, 0.717) is 36.9 Å². The number of amides is 1. The van der Waals surface area contributed by atoms with E-state index < -0.39 is 10.0 Å². The highest BCUT2D eigenvalue weighted by molar-refractivity contribution is 7.89. The molecule has 1 heterocycles. The zero-order valence-electron chi connectivity index (χ0n) is 14.0. The minimum absolute atomic E-state index is 0.0610. The third kappa shape index (κ3) is 3.98. The van der Waals surface area contributed by atoms with E-state index >= 15 is 0 Å². The van der Waals surface area contributed by atoms with Gasteiger partial charge in [0.25, 0.3) is 0 Å². The predicted molar refractivity (Wildman–Crippen MR) is 92.9 cm³/mol. The van der Waals surface area contributed by atoms with Crippen molar-refractivity contribution in [1.82, 2.24) is 9.62 Å². The summed E-state index contributed by atoms with van der Waals surface area (Å²) in [6, 6.07) is 8.83. The number of piperidine rings is 1. The molecule has 0 bridgehead atoms. The number of nitrogens with one attached hydrogen (secondary N) is 1. The Morgan fingerprint density at radius 1 is 0.958 bits per heavy atom. The quantitative estimate of drug-likeness (QED) is 0.907. The summed E-state index contributed by atoms with van der Waals surface area (Å²) in [5, 5.41) is 3.17. The number of sulfonamides is 1. The largest absolute Gasteiger partial charge is 0.353 e. The van der Waals surface area contributed by atoms with Crippen LogP contribution in [0.25, 0.3) is 0 Å². The van der Waals surface area contributed by atoms with Crippen LogP contribution in [-0.4, -0.2) is 37.8 Å². The highest BCUT2D eigenvalue weighted by Gasteiger charge is 2.32. The molecule has 24 heavy (non-hydrogen) atoms. The summed E-state index contributed by atoms with van der Waals surface area (Å²) >= 11 is 0. The number of nitrogens with zero attached hydrogens (tertiary/aromatic N) is 1. The molecule has 3 rings (SSSR count). The van der Waals surface area contributed by atoms with Crippen LogP contribution in [0.1, 0.15) is 44.9 Å². The summed E-state index contributed by atoms with van der Waals surface area (Å²) in [5.41, 5.74) is 0. The van der Waals surface area contributed by atoms with Crippen molar-refractivity contribution in [2.45, 2.75) is 55.9 Å². The Bertz CT molecular complexity index is 646. The summed E-state index contributed by atoms with van der Waals surface area (Å²) in [5.74, 6) is 0.0489. The summed E-state index contributed by atoms with van der Waals surface area (Å²) in [7, 11) is -3.44. The molecule has 1 aromatic carbocycles. The van der Waals surface area contributed by atoms with E-state index in [9.17, 15) is 13.2 Å². The second-order valence-electron chi connectivity index (χ2n) is 6.83. The fourth-order valence-electron chi connectivity index (χ4n) is 3.67. The van der Waals surface area contributed by atoms with Crippen LogP contribution in [0.4, 0.5) is 0 Å². The van der Waals surface area contributed by atoms with Crippen molar-refractivity contribution in [3.8, 4) is 0 Å². The molecule has 1 saturated heterocycles. The fourth-order valence-corrected chi connectivity index (χ4v) is 5.16. The molecular formula is C18H26N2O3S. The van der Waals surface area contributed by atoms with Gasteiger partial charge in [-0.05, 0) is 37.8 Å². The zero-order chi connectivity index (χ0) is 17.0. The average Bonchev–Trinajstić information content (AvgIpc) is 2.63. The molecule has 2 fully saturated rings. The third-order valence-electron chi connectivity index (χ3n) is 5.16. The molecule has 1 aromatic rings. The Hall–Kier alpha value is -1.40. The highest BCUT2D eigenvalue weighted by Crippen LogP contribution is 2.25. The van der Waals surface area contributed by atoms with Gasteiger partial charge in [-0.3, -0.25) is 4.79 Å². The molecule has 5 nitrogen and oxygen atoms in total. The van der Waals surface area contributed by atoms with Gasteiger partial charge in [-0.1, -0.05) is 37.5 Å². The van der Waals surface area contributed by atoms with Gasteiger partial charge >= 0.3 is 0 Å². The van der Waals surface area contributed by atoms with Crippen LogP contribution in [0.15, 0.2) is 35.2 Å². The first-order valence-corrected chi connectivity index (χ1v) is 10.4. The second-order valence-corrected chi connectivity index (χ2v) is 8.77. The van der Waals surface area contributed by atoms with Gasteiger partial charge in [0.15, 0.2) is 0 Å². The van der Waals surface area contributed by atoms with Gasteiger partial charge in [-0.25, -0.2) is 8.42 Å². The molecule has 1 aliphatic carbocycles. The summed E-state index contributed by atoms with van der Waals surface area (Å²) in [4.78, 5) is 12.7. The van der Waals surface area contributed by atoms with E-state index in [1.807, 2.05) is 0 Å². The van der Waals surface area contributed by atoms with Gasteiger partial charge in [-0.2, -0.15) is 4.31 Å². The number of carbonyl (C=O) groups is 1. The lowest BCUT2D eigenvalue weighted by Crippen LogP contribution is -2.45. The minimum atomic E-state index is -3.44. The lowest BCUT2D eigenvalue weighted by atomic mass is 9.93. The SMILES string of the molecule is O=C(NC1CCCCC1)C1CCN(S(=O)(=O)c2ccccc2)CC1. The van der Waals surface area contributed by atoms with Crippen molar-refractivity contribution in [2.24, 2.45) is 5.92 Å². The summed E-state index contributed by atoms with van der Waals surface area (Å²) < 4.78 is 26.7. The molecule has 2 aliphatic rings. The fraction of sp³-hybridized carbons (Fsp3) is 0.611. The molecular weight excluding hydrogens is 324 g/mol. The van der Waals surface area contributed by atoms with Crippen molar-refractivity contribution in [1.29, 1.82) is 0 Å². The first kappa shape index (κ1) is 17.4. The van der Waals surface area contributed by atoms with Gasteiger partial charge in [0.1, 0.15) is 0 Å². The molecule has 0 radical (unpaired) electrons. The maximum atomic E-state index is 12.6. The van der Waals surface area contributed by atoms with Gasteiger partial charge in [0, 0.05) is 25.0 Å². The first-order chi connectivity index (χ1) is 11.6. The van der Waals surface area contributed by atoms with Crippen LogP contribution in [0.2, 0.25) is 0 Å². The maximum absolute atomic E-state index is 12.6. The second kappa shape index (κ2) is 7.66. The molecule has 1 N–H and O–H groups in total. The topological polar surface area (TPSA) is 66.5 Å². The van der Waals surface area contributed by atoms with Crippen molar-refractivity contribution in [3.05, 3.63) is 30.3 Å². The predicted octanol–water partition coefficient (Wildman–Crippen LogP) is 2.54. The minimum Gasteiger partial charge on any atom is -0.353 e. The first-order valence-electron chi connectivity index (χ1n) is 8.93. The Labute approximate surface area is 144 Å². The van der Waals surface area contributed by atoms with Crippen molar-refractivity contribution < 1.29 is 13.2 Å². The molecule has 1 amide bonds. The average molecular weight is 350 g/mol. The van der Waals surface area contributed by atoms with Crippen LogP contribution in [-0.2, 0) is 14.8 Å². The number of benzene rings is 1. The molecule has 0 spiro atoms. The molecule has 1 aliphatic heterocycles. The van der Waals surface area contributed by atoms with E-state index in [1.165, 1.54) is 23.6 Å². The van der Waals surface area contributed by atoms with Crippen LogP contribution in [0.5, 0.6) is 0 Å². The van der Waals surface area contributed by atoms with Gasteiger partial charge in [0.2, 0.25) is 15.9 Å². The third-order valence-corrected chi connectivity index (χ3v) is 7.07. The van der Waals surface area contributed by atoms with E-state index in [0.717, 1.165) is 12.8 Å². The van der Waals surface area contributed by atoms with E-state index in [-0.39, 0.29) is 11.8 Å². The standard InChI is InChI=1S/C18H26N2O3S/c21-18(19-16-7-3-1-4-8-16)15-11-13-20(14-12-15)24(22,23)17-9-5-2-6-10-17/h2,5-6,9-10,15-16H,1,3-4,7-8,11-14H2,(H,19,21). The van der Waals surface area contributed by atoms with E-state index in [2.05, 4.69) is 5.32 Å². The van der Waals surface area contributed by atoms with Crippen LogP contribution in [0.3, 0.4) is 0 Å². The maximum Gasteiger partial charge on any atom is 0.243 e. The Morgan fingerprint density at radius 3 is 2.21 bits per heavy atom. The van der Waals surface area contributed by atoms with E-state index in [1.54, 1.807) is 30.3 Å². The molecule has 132 valence electrons. The van der Waals surface area contributed by atoms with Crippen molar-refractivity contribution in [3.63, 3.8) is 0 Å². The highest BCUT2D eigenvalue weighted by atomic mass is 32.2. The number of carbonyl (C=O) groups excluding carboxylic acids is 1. The van der Waals surface area contributed by atoms with E-state index in [4.69, 9.17) is 0 Å². The molecule has 1 saturated carbocycles. The van der Waals surface area contributed by atoms with Gasteiger partial charge in [-0.15, -0.1) is 0 Å². The van der Waals surface area contributed by atoms with Crippen molar-refractivity contribution in [2.75, 3.05) is 13.1 Å². The van der Waals surface area contributed by atoms with Crippen LogP contribution in [0, 0.1) is 5.92 Å². The molecule has 0 unspecified atom stereocenters. The normalized spacial score (nSPS) is 21.5. The van der Waals surface area contributed by atoms with Gasteiger partial charge < -0.3 is 5.32 Å². The summed E-state index contributed by atoms with van der Waals surface area (Å²) in [6.07, 6.45) is 7.01. The Balaban J connectivity index is 1.54. The number of rotatable bonds is 4. The Morgan fingerprint density at radius 2 is 1.58 bits per heavy atom. The molecule has 6 heteroatoms. The van der Waals surface area contributed by atoms with Crippen molar-refractivity contribution >= 4 is 15.9 Å². The molecule has 0 aromatic heterocycles. The lowest BCUT2D eigenvalue weighted by molar-refractivity contribution is -0.127. The Kier molecular flexibility index (Phi) is 5.56. The number of hydrogen-bond donors (Lipinski definition) is 1. The van der Waals surface area contributed by atoms with Gasteiger partial charge in [0.05, 0.1) is 4.90 Å². The molecule has 0 atom stereocenters. The lowest BCUT2D eigenvalue weighted by Gasteiger charge is -2.32.